The van der Waals surface area contributed by atoms with Crippen molar-refractivity contribution in [3.8, 4) is 0 Å². The molecule has 10 heteroatoms. The lowest BCUT2D eigenvalue weighted by Gasteiger charge is -2.26. The fourth-order valence-electron chi connectivity index (χ4n) is 5.48. The zero-order valence-electron chi connectivity index (χ0n) is 24.6. The Labute approximate surface area is 248 Å². The van der Waals surface area contributed by atoms with Crippen LogP contribution in [0.2, 0.25) is 0 Å². The Morgan fingerprint density at radius 1 is 1.00 bits per heavy atom. The summed E-state index contributed by atoms with van der Waals surface area (Å²) in [5, 5.41) is 8.98. The van der Waals surface area contributed by atoms with Gasteiger partial charge in [-0.25, -0.2) is 9.55 Å². The largest absolute Gasteiger partial charge is 0.481 e. The van der Waals surface area contributed by atoms with Crippen molar-refractivity contribution in [3.05, 3.63) is 96.0 Å². The van der Waals surface area contributed by atoms with Gasteiger partial charge in [0.15, 0.2) is 5.71 Å². The topological polar surface area (TPSA) is 124 Å². The lowest BCUT2D eigenvalue weighted by Crippen LogP contribution is -2.35. The van der Waals surface area contributed by atoms with E-state index < -0.39 is 16.1 Å². The number of aryl methyl sites for hydroxylation is 1. The molecule has 0 atom stereocenters. The highest BCUT2D eigenvalue weighted by molar-refractivity contribution is 7.85. The molecule has 0 unspecified atom stereocenters. The van der Waals surface area contributed by atoms with Crippen molar-refractivity contribution in [1.82, 2.24) is 4.98 Å². The number of aromatic nitrogens is 2. The average Bonchev–Trinajstić information content (AvgIpc) is 3.29. The van der Waals surface area contributed by atoms with Gasteiger partial charge in [0.1, 0.15) is 5.82 Å². The van der Waals surface area contributed by atoms with Gasteiger partial charge >= 0.3 is 11.8 Å². The van der Waals surface area contributed by atoms with Crippen molar-refractivity contribution in [2.75, 3.05) is 17.2 Å². The molecule has 2 aliphatic rings. The van der Waals surface area contributed by atoms with Crippen LogP contribution in [0.25, 0.3) is 0 Å². The van der Waals surface area contributed by atoms with Crippen LogP contribution < -0.4 is 9.47 Å². The Morgan fingerprint density at radius 2 is 1.71 bits per heavy atom. The zero-order chi connectivity index (χ0) is 30.5. The number of allylic oxidation sites excluding steroid dienone is 8. The number of hydrogen-bond acceptors (Lipinski definition) is 6. The summed E-state index contributed by atoms with van der Waals surface area (Å²) in [6.45, 7) is 9.53. The second-order valence-electron chi connectivity index (χ2n) is 11.5. The van der Waals surface area contributed by atoms with E-state index in [1.807, 2.05) is 76.4 Å². The molecule has 2 aliphatic heterocycles. The number of pyridine rings is 2. The zero-order valence-corrected chi connectivity index (χ0v) is 25.4. The van der Waals surface area contributed by atoms with Crippen LogP contribution in [-0.2, 0) is 32.3 Å². The van der Waals surface area contributed by atoms with Crippen LogP contribution in [0.1, 0.15) is 58.1 Å². The van der Waals surface area contributed by atoms with E-state index in [2.05, 4.69) is 38.7 Å². The van der Waals surface area contributed by atoms with Gasteiger partial charge in [0.2, 0.25) is 0 Å². The van der Waals surface area contributed by atoms with E-state index in [9.17, 15) is 17.8 Å². The molecule has 0 fully saturated rings. The number of aliphatic imine (C=N–C) groups is 1. The first-order chi connectivity index (χ1) is 19.8. The molecule has 0 saturated heterocycles. The molecule has 2 aromatic heterocycles. The van der Waals surface area contributed by atoms with Crippen LogP contribution in [0.3, 0.4) is 0 Å². The van der Waals surface area contributed by atoms with Crippen LogP contribution in [0, 0.1) is 0 Å². The van der Waals surface area contributed by atoms with Crippen molar-refractivity contribution in [3.63, 3.8) is 0 Å². The first kappa shape index (κ1) is 31.1. The van der Waals surface area contributed by atoms with Gasteiger partial charge in [0, 0.05) is 35.8 Å². The highest BCUT2D eigenvalue weighted by Gasteiger charge is 2.42. The molecule has 2 N–H and O–H groups in total. The molecule has 222 valence electrons. The van der Waals surface area contributed by atoms with Gasteiger partial charge in [0.25, 0.3) is 10.1 Å². The maximum atomic E-state index is 11.3. The van der Waals surface area contributed by atoms with Crippen molar-refractivity contribution >= 4 is 33.4 Å². The fourth-order valence-corrected chi connectivity index (χ4v) is 5.97. The van der Waals surface area contributed by atoms with Gasteiger partial charge in [-0.2, -0.15) is 8.42 Å². The highest BCUT2D eigenvalue weighted by atomic mass is 32.2. The van der Waals surface area contributed by atoms with Crippen LogP contribution in [-0.4, -0.2) is 47.0 Å². The summed E-state index contributed by atoms with van der Waals surface area (Å²) in [4.78, 5) is 22.4. The van der Waals surface area contributed by atoms with Gasteiger partial charge in [-0.1, -0.05) is 50.3 Å². The average molecular weight is 592 g/mol. The molecular formula is C32H39N4O5S+. The third-order valence-electron chi connectivity index (χ3n) is 7.76. The van der Waals surface area contributed by atoms with E-state index in [4.69, 9.17) is 10.1 Å². The SMILES string of the molecule is CC1(C)C(=CC=CC=CC=CC2=Nc3c(ccc[n+]3CCCC(=O)O)C2(C)C)N(CCCS(=O)(=O)O)c2ncccc21. The fraction of sp³-hybridized carbons (Fsp3) is 0.375. The van der Waals surface area contributed by atoms with Gasteiger partial charge in [0.05, 0.1) is 29.5 Å². The smallest absolute Gasteiger partial charge is 0.327 e. The number of fused-ring (bicyclic) bond motifs is 2. The predicted octanol–water partition coefficient (Wildman–Crippen LogP) is 5.23. The second-order valence-corrected chi connectivity index (χ2v) is 13.1. The van der Waals surface area contributed by atoms with E-state index in [0.29, 0.717) is 19.5 Å². The summed E-state index contributed by atoms with van der Waals surface area (Å²) in [5.74, 6) is 0.580. The van der Waals surface area contributed by atoms with Crippen LogP contribution in [0.5, 0.6) is 0 Å². The van der Waals surface area contributed by atoms with E-state index in [0.717, 1.165) is 34.2 Å². The number of anilines is 1. The predicted molar refractivity (Wildman–Crippen MR) is 165 cm³/mol. The molecule has 0 saturated carbocycles. The molecule has 0 amide bonds. The Morgan fingerprint density at radius 3 is 2.45 bits per heavy atom. The summed E-state index contributed by atoms with van der Waals surface area (Å²) in [7, 11) is -4.03. The second kappa shape index (κ2) is 12.5. The minimum absolute atomic E-state index is 0.124. The molecular weight excluding hydrogens is 552 g/mol. The van der Waals surface area contributed by atoms with E-state index in [-0.39, 0.29) is 29.4 Å². The molecule has 9 nitrogen and oxygen atoms in total. The van der Waals surface area contributed by atoms with Crippen LogP contribution in [0.4, 0.5) is 11.6 Å². The van der Waals surface area contributed by atoms with E-state index in [1.165, 1.54) is 0 Å². The molecule has 2 aromatic rings. The minimum Gasteiger partial charge on any atom is -0.481 e. The third-order valence-corrected chi connectivity index (χ3v) is 8.56. The number of nitrogens with zero attached hydrogens (tertiary/aromatic N) is 4. The van der Waals surface area contributed by atoms with Crippen molar-refractivity contribution in [1.29, 1.82) is 0 Å². The number of aliphatic carboxylic acids is 1. The quantitative estimate of drug-likeness (QED) is 0.197. The molecule has 42 heavy (non-hydrogen) atoms. The van der Waals surface area contributed by atoms with E-state index >= 15 is 0 Å². The van der Waals surface area contributed by atoms with Gasteiger partial charge < -0.3 is 10.0 Å². The third kappa shape index (κ3) is 6.94. The lowest BCUT2D eigenvalue weighted by molar-refractivity contribution is -0.684. The highest BCUT2D eigenvalue weighted by Crippen LogP contribution is 2.46. The number of carboxylic acids is 1. The van der Waals surface area contributed by atoms with Crippen LogP contribution >= 0.6 is 0 Å². The van der Waals surface area contributed by atoms with Crippen molar-refractivity contribution in [2.45, 2.75) is 64.3 Å². The molecule has 4 heterocycles. The minimum atomic E-state index is -4.03. The summed E-state index contributed by atoms with van der Waals surface area (Å²) in [6.07, 6.45) is 18.4. The summed E-state index contributed by atoms with van der Waals surface area (Å²) < 4.78 is 33.7. The monoisotopic (exact) mass is 591 g/mol. The molecule has 0 bridgehead atoms. The molecule has 0 aliphatic carbocycles. The Hall–Kier alpha value is -3.89. The molecule has 0 aromatic carbocycles. The summed E-state index contributed by atoms with van der Waals surface area (Å²) in [5.41, 5.74) is 3.53. The maximum Gasteiger partial charge on any atom is 0.327 e. The first-order valence-electron chi connectivity index (χ1n) is 14.1. The molecule has 0 radical (unpaired) electrons. The van der Waals surface area contributed by atoms with Gasteiger partial charge in [-0.05, 0) is 62.0 Å². The lowest BCUT2D eigenvalue weighted by atomic mass is 9.82. The first-order valence-corrected chi connectivity index (χ1v) is 15.7. The summed E-state index contributed by atoms with van der Waals surface area (Å²) in [6, 6.07) is 8.00. The Balaban J connectivity index is 1.46. The maximum absolute atomic E-state index is 11.3. The Kier molecular flexibility index (Phi) is 9.27. The number of carboxylic acid groups (broad SMARTS) is 1. The molecule has 0 spiro atoms. The van der Waals surface area contributed by atoms with Crippen LogP contribution in [0.15, 0.2) is 89.9 Å². The van der Waals surface area contributed by atoms with Gasteiger partial charge in [-0.3, -0.25) is 9.35 Å². The summed E-state index contributed by atoms with van der Waals surface area (Å²) >= 11 is 0. The van der Waals surface area contributed by atoms with Crippen molar-refractivity contribution < 1.29 is 27.4 Å². The van der Waals surface area contributed by atoms with Crippen molar-refractivity contribution in [2.24, 2.45) is 4.99 Å². The standard InChI is InChI=1S/C32H38N4O5S/c1-31(2)25-15-11-20-35(21-12-18-28(37)38)30(25)34-26(31)16-8-6-5-7-9-17-27-32(3,4)24-14-10-19-33-29(24)36(27)22-13-23-42(39,40)41/h5-11,14-17,19-20H,12-13,18,21-23H2,1-4H3,(H-,37,38,39,40,41)/p+1. The number of hydrogen-bond donors (Lipinski definition) is 2. The van der Waals surface area contributed by atoms with Gasteiger partial charge in [-0.15, -0.1) is 0 Å². The van der Waals surface area contributed by atoms with E-state index in [1.54, 1.807) is 6.20 Å². The number of rotatable bonds is 12. The normalized spacial score (nSPS) is 18.4. The molecule has 4 rings (SSSR count). The Bertz CT molecular complexity index is 1600. The number of carbonyl (C=O) groups is 1.